The summed E-state index contributed by atoms with van der Waals surface area (Å²) < 4.78 is 0. The monoisotopic (exact) mass is 1860 g/mol. The number of para-hydroxylation sites is 2. The van der Waals surface area contributed by atoms with Gasteiger partial charge >= 0.3 is 0 Å². The number of aromatic nitrogens is 4. The van der Waals surface area contributed by atoms with E-state index in [-0.39, 0.29) is 81.7 Å². The van der Waals surface area contributed by atoms with Gasteiger partial charge < -0.3 is 130 Å². The molecule has 0 bridgehead atoms. The number of phenolic OH excluding ortho intramolecular Hbond substituents is 1. The van der Waals surface area contributed by atoms with Gasteiger partial charge in [0.05, 0.1) is 38.5 Å². The first kappa shape index (κ1) is 104. The van der Waals surface area contributed by atoms with Gasteiger partial charge in [0.15, 0.2) is 0 Å². The van der Waals surface area contributed by atoms with E-state index in [1.807, 2.05) is 13.8 Å². The molecular formula is C90H125N23O21. The molecule has 18 amide bonds. The smallest absolute Gasteiger partial charge is 0.246 e. The fourth-order valence-electron chi connectivity index (χ4n) is 16.6. The van der Waals surface area contributed by atoms with Crippen LogP contribution in [0.15, 0.2) is 97.7 Å². The Kier molecular flexibility index (Phi) is 38.0. The van der Waals surface area contributed by atoms with Crippen LogP contribution in [0.2, 0.25) is 0 Å². The van der Waals surface area contributed by atoms with Crippen LogP contribution >= 0.6 is 0 Å². The number of rotatable bonds is 25. The highest BCUT2D eigenvalue weighted by Crippen LogP contribution is 2.28. The number of aliphatic hydroxyl groups excluding tert-OH is 2. The second-order valence-electron chi connectivity index (χ2n) is 34.6. The Hall–Kier alpha value is -13.9. The van der Waals surface area contributed by atoms with Gasteiger partial charge in [-0.1, -0.05) is 102 Å². The zero-order chi connectivity index (χ0) is 97.9. The Bertz CT molecular complexity index is 5200. The molecular weight excluding hydrogens is 1740 g/mol. The zero-order valence-corrected chi connectivity index (χ0v) is 76.3. The van der Waals surface area contributed by atoms with Crippen LogP contribution in [0.4, 0.5) is 0 Å². The zero-order valence-electron chi connectivity index (χ0n) is 76.3. The van der Waals surface area contributed by atoms with Crippen LogP contribution in [-0.4, -0.2) is 317 Å². The van der Waals surface area contributed by atoms with Crippen molar-refractivity contribution < 1.29 is 102 Å². The van der Waals surface area contributed by atoms with Crippen LogP contribution in [-0.2, 0) is 112 Å². The van der Waals surface area contributed by atoms with Gasteiger partial charge in [-0.05, 0) is 92.3 Å². The number of carbonyl (C=O) groups is 18. The number of fused-ring (bicyclic) bond motifs is 4. The fraction of sp³-hybridized carbons (Fsp3) is 0.522. The highest BCUT2D eigenvalue weighted by atomic mass is 16.3. The summed E-state index contributed by atoms with van der Waals surface area (Å²) in [5.74, 6) is -18.1. The number of primary amides is 3. The van der Waals surface area contributed by atoms with E-state index in [4.69, 9.17) is 17.2 Å². The van der Waals surface area contributed by atoms with Crippen LogP contribution in [0.25, 0.3) is 21.8 Å². The maximum atomic E-state index is 15.7. The first-order valence-corrected chi connectivity index (χ1v) is 44.9. The molecule has 44 heteroatoms. The van der Waals surface area contributed by atoms with E-state index in [0.29, 0.717) is 64.2 Å². The molecule has 0 aliphatic carbocycles. The Labute approximate surface area is 773 Å². The molecule has 15 atom stereocenters. The number of phenols is 1. The van der Waals surface area contributed by atoms with Gasteiger partial charge in [-0.3, -0.25) is 86.3 Å². The minimum atomic E-state index is -1.92. The van der Waals surface area contributed by atoms with E-state index in [9.17, 15) is 63.3 Å². The van der Waals surface area contributed by atoms with Gasteiger partial charge in [0.1, 0.15) is 90.3 Å². The number of nitrogens with zero attached hydrogens (tertiary/aromatic N) is 6. The summed E-state index contributed by atoms with van der Waals surface area (Å²) in [6.45, 7) is 4.59. The second-order valence-corrected chi connectivity index (χ2v) is 34.6. The van der Waals surface area contributed by atoms with E-state index in [2.05, 4.69) is 78.4 Å². The quantitative estimate of drug-likeness (QED) is 0.0259. The average Bonchev–Trinajstić information content (AvgIpc) is 1.37. The molecule has 3 aliphatic rings. The number of aromatic hydroxyl groups is 1. The van der Waals surface area contributed by atoms with Crippen molar-refractivity contribution in [2.75, 3.05) is 60.5 Å². The normalized spacial score (nSPS) is 24.9. The lowest BCUT2D eigenvalue weighted by molar-refractivity contribution is -0.149. The maximum Gasteiger partial charge on any atom is 0.246 e. The van der Waals surface area contributed by atoms with E-state index >= 15 is 38.4 Å². The number of likely N-dealkylation sites (N-methyl/N-ethyl adjacent to an activating group) is 3. The molecule has 0 spiro atoms. The molecule has 3 saturated heterocycles. The van der Waals surface area contributed by atoms with Gasteiger partial charge in [0, 0.05) is 125 Å². The number of H-pyrrole nitrogens is 3. The van der Waals surface area contributed by atoms with Crippen molar-refractivity contribution in [1.29, 1.82) is 0 Å². The Morgan fingerprint density at radius 3 is 1.65 bits per heavy atom. The van der Waals surface area contributed by atoms with Crippen molar-refractivity contribution in [3.63, 3.8) is 0 Å². The summed E-state index contributed by atoms with van der Waals surface area (Å²) in [4.78, 5) is 281. The third-order valence-corrected chi connectivity index (χ3v) is 24.1. The van der Waals surface area contributed by atoms with Crippen molar-refractivity contribution in [3.05, 3.63) is 120 Å². The van der Waals surface area contributed by atoms with E-state index in [1.165, 1.54) is 64.9 Å². The molecule has 134 heavy (non-hydrogen) atoms. The van der Waals surface area contributed by atoms with Crippen LogP contribution in [0.5, 0.6) is 5.75 Å². The van der Waals surface area contributed by atoms with Crippen LogP contribution in [0.3, 0.4) is 0 Å². The number of hydrogen-bond donors (Lipinski definition) is 20. The molecule has 3 aromatic carbocycles. The van der Waals surface area contributed by atoms with Crippen molar-refractivity contribution >= 4 is 128 Å². The molecule has 6 heterocycles. The minimum Gasteiger partial charge on any atom is -0.508 e. The predicted octanol–water partition coefficient (Wildman–Crippen LogP) is -4.07. The minimum absolute atomic E-state index is 0.00167. The van der Waals surface area contributed by atoms with Gasteiger partial charge in [0.25, 0.3) is 0 Å². The standard InChI is InChI=1S/C90H125N23O21/c1-9-11-22-69-83(127)102-61(32-48(3)4)79(123)107-67(78(122)98-43-75(93)119)42-94-44-76(120)100-64(33-50-25-27-54(115)28-26-50)86(130)109(6)49(5)77(121)105-66(38-74(92)118)89(133)112-31-17-24-70(112)84(128)104-63(36-53-41-95-47-99-53)81(125)101-60(29-30-73(91)117)88(132)113-45-55(116)37-72(113)85(129)103-62(34-51-39-96-58-20-15-13-18-56(51)58)80(124)108-68(46-114)82(126)106-65(35-52-40-97-59-21-16-14-19-57(52)59)87(131)111(8)71(23-12-10-2)90(134)110(69)7/h13-16,18-21,25-28,39-41,47-49,55,60-72,94,96-97,114-116H,9-12,17,22-24,29-38,42-46H2,1-8H3,(H2,91,117)(H2,92,118)(H2,93,119)(H,95,99)(H,98,122)(H,100,120)(H,101,125)(H,102,127)(H,103,129)(H,104,128)(H,105,121)(H,106,126)(H,107,123)(H,108,124)/t49-,55+,60-,61-,62-,63-,64-,65-,66-,67-,68-,69-,70-,71-,72-/m0/s1. The molecule has 3 fully saturated rings. The highest BCUT2D eigenvalue weighted by molar-refractivity contribution is 6.03. The number of nitrogens with one attached hydrogen (secondary N) is 14. The molecule has 0 radical (unpaired) electrons. The van der Waals surface area contributed by atoms with Crippen molar-refractivity contribution in [2.24, 2.45) is 23.1 Å². The van der Waals surface area contributed by atoms with Crippen LogP contribution in [0.1, 0.15) is 140 Å². The van der Waals surface area contributed by atoms with Gasteiger partial charge in [-0.2, -0.15) is 0 Å². The average molecular weight is 1870 g/mol. The third-order valence-electron chi connectivity index (χ3n) is 24.1. The fourth-order valence-corrected chi connectivity index (χ4v) is 16.6. The van der Waals surface area contributed by atoms with Crippen molar-refractivity contribution in [2.45, 2.75) is 234 Å². The van der Waals surface area contributed by atoms with E-state index in [1.54, 1.807) is 74.8 Å². The summed E-state index contributed by atoms with van der Waals surface area (Å²) >= 11 is 0. The Morgan fingerprint density at radius 2 is 1.06 bits per heavy atom. The number of nitrogens with two attached hydrogens (primary N) is 3. The highest BCUT2D eigenvalue weighted by Gasteiger charge is 2.47. The first-order chi connectivity index (χ1) is 63.8. The summed E-state index contributed by atoms with van der Waals surface area (Å²) in [7, 11) is 3.90. The number of amides is 18. The molecule has 0 saturated carbocycles. The molecule has 9 rings (SSSR count). The lowest BCUT2D eigenvalue weighted by atomic mass is 9.99. The largest absolute Gasteiger partial charge is 0.508 e. The molecule has 6 aromatic rings. The lowest BCUT2D eigenvalue weighted by Gasteiger charge is -2.36. The second kappa shape index (κ2) is 49.0. The number of unbranched alkanes of at least 4 members (excludes halogenated alkanes) is 2. The van der Waals surface area contributed by atoms with Crippen molar-refractivity contribution in [3.8, 4) is 5.75 Å². The van der Waals surface area contributed by atoms with E-state index < -0.39 is 255 Å². The molecule has 23 N–H and O–H groups in total. The first-order valence-electron chi connectivity index (χ1n) is 44.9. The number of carbonyl (C=O) groups excluding carboxylic acids is 18. The molecule has 3 aromatic heterocycles. The molecule has 3 aliphatic heterocycles. The molecule has 44 nitrogen and oxygen atoms in total. The maximum absolute atomic E-state index is 15.7. The van der Waals surface area contributed by atoms with Crippen molar-refractivity contribution in [1.82, 2.24) is 103 Å². The summed E-state index contributed by atoms with van der Waals surface area (Å²) in [6, 6.07) is -2.97. The predicted molar refractivity (Wildman–Crippen MR) is 485 cm³/mol. The topological polar surface area (TPSA) is 655 Å². The van der Waals surface area contributed by atoms with Gasteiger partial charge in [-0.25, -0.2) is 4.98 Å². The summed E-state index contributed by atoms with van der Waals surface area (Å²) in [5.41, 5.74) is 19.6. The number of aliphatic hydroxyl groups is 2. The SMILES string of the molecule is CCCC[C@H]1C(=O)N(C)[C@@H](CCCC)C(=O)N[C@@H](CC(C)C)C(=O)N[C@H](C(=O)NCC(N)=O)CNCC(=O)N[C@@H](Cc2ccc(O)cc2)C(=O)N(C)[C@@H](C)C(=O)N[C@@H](CC(N)=O)C(=O)N2CCC[C@H]2C(=O)N[C@@H](Cc2cnc[nH]2)C(=O)N[C@@H](CCC(N)=O)C(=O)N2C[C@H](O)C[C@H]2C(=O)N[C@@H](Cc2c[nH]c3ccccc23)C(=O)N[C@@H](CO)C(=O)N[C@@H](Cc2c[nH]c3ccccc23)C(=O)N1C. The number of hydrogen-bond acceptors (Lipinski definition) is 23. The van der Waals surface area contributed by atoms with Crippen LogP contribution in [0, 0.1) is 5.92 Å². The molecule has 0 unspecified atom stereocenters. The molecule has 726 valence electrons. The third kappa shape index (κ3) is 28.3. The van der Waals surface area contributed by atoms with Crippen LogP contribution < -0.4 is 75.7 Å². The number of benzene rings is 3. The lowest BCUT2D eigenvalue weighted by Crippen LogP contribution is -2.62. The number of aromatic amines is 3. The van der Waals surface area contributed by atoms with Gasteiger partial charge in [0.2, 0.25) is 106 Å². The number of imidazole rings is 1. The Balaban J connectivity index is 1.10. The van der Waals surface area contributed by atoms with E-state index in [0.717, 1.165) is 24.5 Å². The Morgan fingerprint density at radius 1 is 0.530 bits per heavy atom. The summed E-state index contributed by atoms with van der Waals surface area (Å²) in [5, 5.41) is 62.9. The summed E-state index contributed by atoms with van der Waals surface area (Å²) in [6.07, 6.45) is 2.30. The van der Waals surface area contributed by atoms with Gasteiger partial charge in [-0.15, -0.1) is 0 Å².